The summed E-state index contributed by atoms with van der Waals surface area (Å²) >= 11 is 0. The van der Waals surface area contributed by atoms with Gasteiger partial charge in [-0.2, -0.15) is 0 Å². The second-order valence-electron chi connectivity index (χ2n) is 4.56. The monoisotopic (exact) mass is 244 g/mol. The van der Waals surface area contributed by atoms with E-state index in [1.54, 1.807) is 0 Å². The van der Waals surface area contributed by atoms with E-state index in [0.717, 1.165) is 32.3 Å². The van der Waals surface area contributed by atoms with Crippen LogP contribution in [0, 0.1) is 5.92 Å². The molecule has 0 saturated heterocycles. The van der Waals surface area contributed by atoms with Crippen LogP contribution in [0.3, 0.4) is 0 Å². The number of hydrogen-bond donors (Lipinski definition) is 0. The number of unbranched alkanes of at least 4 members (excludes halogenated alkanes) is 4. The molecule has 0 aliphatic carbocycles. The Morgan fingerprint density at radius 1 is 1.00 bits per heavy atom. The van der Waals surface area contributed by atoms with E-state index in [4.69, 9.17) is 9.47 Å². The molecule has 17 heavy (non-hydrogen) atoms. The van der Waals surface area contributed by atoms with Crippen LogP contribution < -0.4 is 0 Å². The Morgan fingerprint density at radius 3 is 2.18 bits per heavy atom. The van der Waals surface area contributed by atoms with Gasteiger partial charge in [0.15, 0.2) is 0 Å². The normalized spacial score (nSPS) is 12.4. The van der Waals surface area contributed by atoms with E-state index in [2.05, 4.69) is 13.8 Å². The molecule has 0 aromatic carbocycles. The van der Waals surface area contributed by atoms with Crippen molar-refractivity contribution in [2.24, 2.45) is 5.92 Å². The van der Waals surface area contributed by atoms with Crippen LogP contribution in [0.1, 0.15) is 59.3 Å². The molecule has 0 aromatic heterocycles. The number of esters is 1. The first-order valence-electron chi connectivity index (χ1n) is 6.96. The van der Waals surface area contributed by atoms with Gasteiger partial charge < -0.3 is 9.47 Å². The van der Waals surface area contributed by atoms with E-state index in [-0.39, 0.29) is 11.9 Å². The van der Waals surface area contributed by atoms with Gasteiger partial charge in [0.25, 0.3) is 0 Å². The van der Waals surface area contributed by atoms with E-state index in [1.165, 1.54) is 12.8 Å². The topological polar surface area (TPSA) is 35.5 Å². The zero-order valence-electron chi connectivity index (χ0n) is 11.7. The Balaban J connectivity index is 3.40. The summed E-state index contributed by atoms with van der Waals surface area (Å²) in [6, 6.07) is 0. The molecule has 1 atom stereocenters. The average molecular weight is 244 g/mol. The van der Waals surface area contributed by atoms with Crippen molar-refractivity contribution in [1.29, 1.82) is 0 Å². The Hall–Kier alpha value is -0.570. The highest BCUT2D eigenvalue weighted by Crippen LogP contribution is 2.03. The van der Waals surface area contributed by atoms with Crippen molar-refractivity contribution in [1.82, 2.24) is 0 Å². The number of carbonyl (C=O) groups is 1. The second kappa shape index (κ2) is 11.9. The third-order valence-electron chi connectivity index (χ3n) is 2.65. The molecule has 0 saturated carbocycles. The van der Waals surface area contributed by atoms with Crippen molar-refractivity contribution in [2.75, 3.05) is 19.8 Å². The fourth-order valence-corrected chi connectivity index (χ4v) is 1.45. The summed E-state index contributed by atoms with van der Waals surface area (Å²) in [6.07, 6.45) is 6.69. The minimum atomic E-state index is -0.141. The van der Waals surface area contributed by atoms with Crippen LogP contribution in [0.4, 0.5) is 0 Å². The summed E-state index contributed by atoms with van der Waals surface area (Å²) in [4.78, 5) is 11.5. The molecule has 0 aliphatic heterocycles. The molecule has 0 rings (SSSR count). The second-order valence-corrected chi connectivity index (χ2v) is 4.56. The third-order valence-corrected chi connectivity index (χ3v) is 2.65. The van der Waals surface area contributed by atoms with Crippen molar-refractivity contribution >= 4 is 5.97 Å². The van der Waals surface area contributed by atoms with Crippen molar-refractivity contribution in [3.8, 4) is 0 Å². The molecule has 102 valence electrons. The van der Waals surface area contributed by atoms with Gasteiger partial charge in [-0.1, -0.05) is 39.5 Å². The van der Waals surface area contributed by atoms with Gasteiger partial charge in [0.1, 0.15) is 0 Å². The van der Waals surface area contributed by atoms with Gasteiger partial charge in [0.05, 0.1) is 19.1 Å². The Kier molecular flexibility index (Phi) is 11.5. The molecule has 0 bridgehead atoms. The van der Waals surface area contributed by atoms with Gasteiger partial charge in [-0.05, 0) is 19.8 Å². The van der Waals surface area contributed by atoms with E-state index < -0.39 is 0 Å². The van der Waals surface area contributed by atoms with Crippen LogP contribution in [0.15, 0.2) is 0 Å². The fourth-order valence-electron chi connectivity index (χ4n) is 1.45. The van der Waals surface area contributed by atoms with Gasteiger partial charge in [0, 0.05) is 6.61 Å². The molecule has 1 unspecified atom stereocenters. The lowest BCUT2D eigenvalue weighted by Gasteiger charge is -2.11. The standard InChI is InChI=1S/C14H28O3/c1-4-6-8-10-16-12-13(3)14(15)17-11-9-7-5-2/h13H,4-12H2,1-3H3. The lowest BCUT2D eigenvalue weighted by atomic mass is 10.2. The quantitative estimate of drug-likeness (QED) is 0.412. The van der Waals surface area contributed by atoms with Crippen molar-refractivity contribution in [2.45, 2.75) is 59.3 Å². The maximum atomic E-state index is 11.5. The summed E-state index contributed by atoms with van der Waals surface area (Å²) in [6.45, 7) is 7.94. The van der Waals surface area contributed by atoms with Crippen LogP contribution in [0.25, 0.3) is 0 Å². The highest BCUT2D eigenvalue weighted by atomic mass is 16.5. The number of rotatable bonds is 11. The van der Waals surface area contributed by atoms with E-state index in [1.807, 2.05) is 6.92 Å². The molecule has 0 fully saturated rings. The lowest BCUT2D eigenvalue weighted by molar-refractivity contribution is -0.150. The minimum Gasteiger partial charge on any atom is -0.465 e. The van der Waals surface area contributed by atoms with Crippen LogP contribution in [-0.2, 0) is 14.3 Å². The summed E-state index contributed by atoms with van der Waals surface area (Å²) < 4.78 is 10.6. The van der Waals surface area contributed by atoms with Crippen LogP contribution in [-0.4, -0.2) is 25.8 Å². The molecule has 0 spiro atoms. The molecule has 3 heteroatoms. The Labute approximate surface area is 106 Å². The molecule has 0 aliphatic rings. The zero-order chi connectivity index (χ0) is 12.9. The van der Waals surface area contributed by atoms with Gasteiger partial charge >= 0.3 is 5.97 Å². The molecule has 0 N–H and O–H groups in total. The van der Waals surface area contributed by atoms with Gasteiger partial charge in [-0.3, -0.25) is 4.79 Å². The van der Waals surface area contributed by atoms with Crippen molar-refractivity contribution in [3.05, 3.63) is 0 Å². The first-order chi connectivity index (χ1) is 8.22. The molecule has 0 amide bonds. The fraction of sp³-hybridized carbons (Fsp3) is 0.929. The van der Waals surface area contributed by atoms with Crippen LogP contribution >= 0.6 is 0 Å². The van der Waals surface area contributed by atoms with Crippen molar-refractivity contribution < 1.29 is 14.3 Å². The highest BCUT2D eigenvalue weighted by Gasteiger charge is 2.14. The highest BCUT2D eigenvalue weighted by molar-refractivity contribution is 5.72. The van der Waals surface area contributed by atoms with Crippen molar-refractivity contribution in [3.63, 3.8) is 0 Å². The first-order valence-corrected chi connectivity index (χ1v) is 6.96. The van der Waals surface area contributed by atoms with E-state index >= 15 is 0 Å². The summed E-state index contributed by atoms with van der Waals surface area (Å²) in [7, 11) is 0. The predicted molar refractivity (Wildman–Crippen MR) is 70.0 cm³/mol. The van der Waals surface area contributed by atoms with Crippen LogP contribution in [0.5, 0.6) is 0 Å². The van der Waals surface area contributed by atoms with E-state index in [9.17, 15) is 4.79 Å². The average Bonchev–Trinajstić information content (AvgIpc) is 2.34. The number of ether oxygens (including phenoxy) is 2. The third kappa shape index (κ3) is 10.3. The molecular formula is C14H28O3. The minimum absolute atomic E-state index is 0.128. The largest absolute Gasteiger partial charge is 0.465 e. The smallest absolute Gasteiger partial charge is 0.310 e. The lowest BCUT2D eigenvalue weighted by Crippen LogP contribution is -2.20. The molecule has 0 aromatic rings. The predicted octanol–water partition coefficient (Wildman–Crippen LogP) is 3.56. The molecule has 0 heterocycles. The van der Waals surface area contributed by atoms with Gasteiger partial charge in [-0.25, -0.2) is 0 Å². The first kappa shape index (κ1) is 16.4. The maximum absolute atomic E-state index is 11.5. The summed E-state index contributed by atoms with van der Waals surface area (Å²) in [5, 5.41) is 0. The van der Waals surface area contributed by atoms with Gasteiger partial charge in [-0.15, -0.1) is 0 Å². The summed E-state index contributed by atoms with van der Waals surface area (Å²) in [5.41, 5.74) is 0. The maximum Gasteiger partial charge on any atom is 0.310 e. The molecule has 0 radical (unpaired) electrons. The summed E-state index contributed by atoms with van der Waals surface area (Å²) in [5.74, 6) is -0.269. The van der Waals surface area contributed by atoms with Gasteiger partial charge in [0.2, 0.25) is 0 Å². The molecule has 3 nitrogen and oxygen atoms in total. The van der Waals surface area contributed by atoms with Crippen LogP contribution in [0.2, 0.25) is 0 Å². The SMILES string of the molecule is CCCCCOCC(C)C(=O)OCCCCC. The number of carbonyl (C=O) groups excluding carboxylic acids is 1. The Bertz CT molecular complexity index is 180. The Morgan fingerprint density at radius 2 is 1.59 bits per heavy atom. The molecular weight excluding hydrogens is 216 g/mol. The number of hydrogen-bond acceptors (Lipinski definition) is 3. The zero-order valence-corrected chi connectivity index (χ0v) is 11.7. The van der Waals surface area contributed by atoms with E-state index in [0.29, 0.717) is 13.2 Å².